The van der Waals surface area contributed by atoms with Crippen LogP contribution in [0.1, 0.15) is 26.7 Å². The molecule has 0 bridgehead atoms. The molecule has 0 saturated carbocycles. The first-order valence-corrected chi connectivity index (χ1v) is 8.26. The highest BCUT2D eigenvalue weighted by molar-refractivity contribution is 5.89. The van der Waals surface area contributed by atoms with Gasteiger partial charge in [-0.3, -0.25) is 0 Å². The van der Waals surface area contributed by atoms with Gasteiger partial charge in [0.25, 0.3) is 0 Å². The van der Waals surface area contributed by atoms with Crippen molar-refractivity contribution < 1.29 is 27.4 Å². The third kappa shape index (κ3) is 4.77. The molecule has 0 saturated heterocycles. The van der Waals surface area contributed by atoms with Crippen LogP contribution in [0.15, 0.2) is 54.6 Å². The molecule has 0 radical (unpaired) electrons. The summed E-state index contributed by atoms with van der Waals surface area (Å²) >= 11 is 0. The minimum Gasteiger partial charge on any atom is -0.493 e. The molecule has 0 amide bonds. The number of benzene rings is 2. The van der Waals surface area contributed by atoms with Crippen molar-refractivity contribution in [2.24, 2.45) is 0 Å². The molecule has 0 heterocycles. The van der Waals surface area contributed by atoms with Crippen LogP contribution in [0, 0.1) is 0 Å². The van der Waals surface area contributed by atoms with Crippen LogP contribution < -0.4 is 4.74 Å². The lowest BCUT2D eigenvalue weighted by Crippen LogP contribution is -2.35. The summed E-state index contributed by atoms with van der Waals surface area (Å²) in [5, 5.41) is 1.96. The van der Waals surface area contributed by atoms with Crippen molar-refractivity contribution in [1.82, 2.24) is 0 Å². The van der Waals surface area contributed by atoms with Gasteiger partial charge in [-0.25, -0.2) is 4.79 Å². The summed E-state index contributed by atoms with van der Waals surface area (Å²) in [5.74, 6) is -0.778. The maximum absolute atomic E-state index is 12.6. The lowest BCUT2D eigenvalue weighted by molar-refractivity contribution is -0.164. The SMILES string of the molecule is C=C(C(=O)OC(C)(CC)CCOc1cccc2ccccc12)C(F)(F)F. The number of fused-ring (bicyclic) bond motifs is 1. The molecule has 0 spiro atoms. The third-order valence-electron chi connectivity index (χ3n) is 4.31. The van der Waals surface area contributed by atoms with Crippen molar-refractivity contribution in [3.05, 3.63) is 54.6 Å². The van der Waals surface area contributed by atoms with Gasteiger partial charge in [-0.05, 0) is 24.8 Å². The Balaban J connectivity index is 2.01. The molecule has 0 fully saturated rings. The van der Waals surface area contributed by atoms with Crippen LogP contribution in [-0.4, -0.2) is 24.4 Å². The molecule has 0 aliphatic carbocycles. The molecule has 2 aromatic carbocycles. The molecule has 0 aliphatic heterocycles. The van der Waals surface area contributed by atoms with E-state index >= 15 is 0 Å². The molecule has 1 unspecified atom stereocenters. The Morgan fingerprint density at radius 2 is 1.77 bits per heavy atom. The Kier molecular flexibility index (Phi) is 5.95. The largest absolute Gasteiger partial charge is 0.493 e. The van der Waals surface area contributed by atoms with Gasteiger partial charge in [0, 0.05) is 11.8 Å². The molecule has 6 heteroatoms. The number of hydrogen-bond acceptors (Lipinski definition) is 3. The Morgan fingerprint density at radius 1 is 1.12 bits per heavy atom. The highest BCUT2D eigenvalue weighted by Crippen LogP contribution is 2.30. The van der Waals surface area contributed by atoms with E-state index < -0.39 is 23.3 Å². The molecule has 0 N–H and O–H groups in total. The summed E-state index contributed by atoms with van der Waals surface area (Å²) < 4.78 is 48.6. The van der Waals surface area contributed by atoms with Gasteiger partial charge in [-0.1, -0.05) is 49.9 Å². The first-order valence-electron chi connectivity index (χ1n) is 8.26. The van der Waals surface area contributed by atoms with Crippen molar-refractivity contribution in [1.29, 1.82) is 0 Å². The minimum atomic E-state index is -4.80. The average Bonchev–Trinajstić information content (AvgIpc) is 2.60. The molecular formula is C20H21F3O3. The zero-order chi connectivity index (χ0) is 19.4. The third-order valence-corrected chi connectivity index (χ3v) is 4.31. The minimum absolute atomic E-state index is 0.199. The van der Waals surface area contributed by atoms with Gasteiger partial charge in [-0.15, -0.1) is 0 Å². The predicted molar refractivity (Wildman–Crippen MR) is 94.0 cm³/mol. The summed E-state index contributed by atoms with van der Waals surface area (Å²) in [6.07, 6.45) is -4.20. The number of carbonyl (C=O) groups excluding carboxylic acids is 1. The van der Waals surface area contributed by atoms with E-state index in [4.69, 9.17) is 9.47 Å². The fourth-order valence-corrected chi connectivity index (χ4v) is 2.40. The zero-order valence-corrected chi connectivity index (χ0v) is 14.7. The first-order chi connectivity index (χ1) is 12.2. The van der Waals surface area contributed by atoms with E-state index in [0.29, 0.717) is 12.2 Å². The normalized spacial score (nSPS) is 13.9. The van der Waals surface area contributed by atoms with Gasteiger partial charge in [0.2, 0.25) is 0 Å². The number of alkyl halides is 3. The quantitative estimate of drug-likeness (QED) is 0.484. The number of esters is 1. The Morgan fingerprint density at radius 3 is 2.42 bits per heavy atom. The molecule has 26 heavy (non-hydrogen) atoms. The number of carbonyl (C=O) groups is 1. The van der Waals surface area contributed by atoms with Crippen LogP contribution in [0.3, 0.4) is 0 Å². The van der Waals surface area contributed by atoms with Gasteiger partial charge >= 0.3 is 12.1 Å². The van der Waals surface area contributed by atoms with E-state index in [1.807, 2.05) is 42.5 Å². The number of ether oxygens (including phenoxy) is 2. The van der Waals surface area contributed by atoms with Crippen molar-refractivity contribution >= 4 is 16.7 Å². The van der Waals surface area contributed by atoms with Crippen LogP contribution in [-0.2, 0) is 9.53 Å². The summed E-state index contributed by atoms with van der Waals surface area (Å²) in [5.41, 5.74) is -2.58. The molecular weight excluding hydrogens is 345 g/mol. The van der Waals surface area contributed by atoms with Crippen LogP contribution in [0.2, 0.25) is 0 Å². The second-order valence-electron chi connectivity index (χ2n) is 6.25. The number of rotatable bonds is 7. The molecule has 1 atom stereocenters. The average molecular weight is 366 g/mol. The highest BCUT2D eigenvalue weighted by Gasteiger charge is 2.40. The molecule has 3 nitrogen and oxygen atoms in total. The summed E-state index contributed by atoms with van der Waals surface area (Å²) in [4.78, 5) is 11.7. The van der Waals surface area contributed by atoms with Gasteiger partial charge in [0.05, 0.1) is 6.61 Å². The van der Waals surface area contributed by atoms with E-state index in [0.717, 1.165) is 10.8 Å². The number of hydrogen-bond donors (Lipinski definition) is 0. The lowest BCUT2D eigenvalue weighted by Gasteiger charge is -2.29. The molecule has 0 aromatic heterocycles. The maximum Gasteiger partial charge on any atom is 0.422 e. The smallest absolute Gasteiger partial charge is 0.422 e. The molecule has 2 rings (SSSR count). The van der Waals surface area contributed by atoms with E-state index in [9.17, 15) is 18.0 Å². The molecule has 2 aromatic rings. The van der Waals surface area contributed by atoms with E-state index in [1.165, 1.54) is 0 Å². The zero-order valence-electron chi connectivity index (χ0n) is 14.7. The summed E-state index contributed by atoms with van der Waals surface area (Å²) in [7, 11) is 0. The van der Waals surface area contributed by atoms with Crippen molar-refractivity contribution in [3.8, 4) is 5.75 Å². The fraction of sp³-hybridized carbons (Fsp3) is 0.350. The van der Waals surface area contributed by atoms with Crippen molar-refractivity contribution in [3.63, 3.8) is 0 Å². The topological polar surface area (TPSA) is 35.5 Å². The Labute approximate surface area is 150 Å². The van der Waals surface area contributed by atoms with E-state index in [-0.39, 0.29) is 13.0 Å². The molecule has 0 aliphatic rings. The first kappa shape index (κ1) is 19.8. The van der Waals surface area contributed by atoms with Gasteiger partial charge in [0.15, 0.2) is 0 Å². The van der Waals surface area contributed by atoms with Crippen LogP contribution in [0.5, 0.6) is 5.75 Å². The second kappa shape index (κ2) is 7.81. The highest BCUT2D eigenvalue weighted by atomic mass is 19.4. The van der Waals surface area contributed by atoms with Gasteiger partial charge in [0.1, 0.15) is 16.9 Å². The Bertz CT molecular complexity index is 793. The summed E-state index contributed by atoms with van der Waals surface area (Å²) in [6.45, 7) is 6.30. The lowest BCUT2D eigenvalue weighted by atomic mass is 9.99. The number of halogens is 3. The van der Waals surface area contributed by atoms with Crippen LogP contribution in [0.25, 0.3) is 10.8 Å². The summed E-state index contributed by atoms with van der Waals surface area (Å²) in [6, 6.07) is 13.4. The predicted octanol–water partition coefficient (Wildman–Crippen LogP) is 5.44. The van der Waals surface area contributed by atoms with E-state index in [2.05, 4.69) is 6.58 Å². The maximum atomic E-state index is 12.6. The molecule has 140 valence electrons. The van der Waals surface area contributed by atoms with Gasteiger partial charge < -0.3 is 9.47 Å². The van der Waals surface area contributed by atoms with Crippen LogP contribution >= 0.6 is 0 Å². The monoisotopic (exact) mass is 366 g/mol. The van der Waals surface area contributed by atoms with Crippen molar-refractivity contribution in [2.45, 2.75) is 38.5 Å². The standard InChI is InChI=1S/C20H21F3O3/c1-4-19(3,26-18(24)14(2)20(21,22)23)12-13-25-17-11-7-9-15-8-5-6-10-16(15)17/h5-11H,2,4,12-13H2,1,3H3. The van der Waals surface area contributed by atoms with Crippen molar-refractivity contribution in [2.75, 3.05) is 6.61 Å². The Hall–Kier alpha value is -2.50. The second-order valence-corrected chi connectivity index (χ2v) is 6.25. The fourth-order valence-electron chi connectivity index (χ4n) is 2.40. The van der Waals surface area contributed by atoms with Crippen LogP contribution in [0.4, 0.5) is 13.2 Å². The van der Waals surface area contributed by atoms with E-state index in [1.54, 1.807) is 13.8 Å². The van der Waals surface area contributed by atoms with Gasteiger partial charge in [-0.2, -0.15) is 13.2 Å².